The van der Waals surface area contributed by atoms with E-state index in [9.17, 15) is 26.7 Å². The molecule has 5 nitrogen and oxygen atoms in total. The second kappa shape index (κ2) is 6.63. The maximum Gasteiger partial charge on any atom is 0.573 e. The summed E-state index contributed by atoms with van der Waals surface area (Å²) in [5, 5.41) is 9.54. The number of aliphatic hydroxyl groups is 1. The summed E-state index contributed by atoms with van der Waals surface area (Å²) in [7, 11) is -3.90. The zero-order valence-corrected chi connectivity index (χ0v) is 12.2. The zero-order chi connectivity index (χ0) is 16.3. The molecule has 1 rings (SSSR count). The first kappa shape index (κ1) is 17.7. The summed E-state index contributed by atoms with van der Waals surface area (Å²) in [5.41, 5.74) is 0. The van der Waals surface area contributed by atoms with E-state index in [1.807, 2.05) is 0 Å². The molecular weight excluding hydrogens is 311 g/mol. The molecule has 0 saturated carbocycles. The van der Waals surface area contributed by atoms with Crippen molar-refractivity contribution in [3.63, 3.8) is 0 Å². The molecule has 120 valence electrons. The molecule has 0 bridgehead atoms. The molecule has 0 aliphatic rings. The van der Waals surface area contributed by atoms with Crippen molar-refractivity contribution in [2.24, 2.45) is 5.92 Å². The van der Waals surface area contributed by atoms with Crippen LogP contribution in [0.2, 0.25) is 0 Å². The van der Waals surface area contributed by atoms with Crippen LogP contribution in [0.1, 0.15) is 13.8 Å². The third kappa shape index (κ3) is 5.90. The van der Waals surface area contributed by atoms with E-state index in [4.69, 9.17) is 0 Å². The molecule has 0 saturated heterocycles. The standard InChI is InChI=1S/C12H16F3NO4S/c1-8(2)11(17)7-16-21(18,19)10-5-3-9(4-6-10)20-12(13,14)15/h3-6,8,11,16-17H,7H2,1-2H3. The summed E-state index contributed by atoms with van der Waals surface area (Å²) in [5.74, 6) is -0.640. The minimum absolute atomic E-state index is 0.129. The van der Waals surface area contributed by atoms with Crippen LogP contribution in [0.5, 0.6) is 5.75 Å². The Morgan fingerprint density at radius 3 is 2.19 bits per heavy atom. The molecule has 0 aliphatic heterocycles. The van der Waals surface area contributed by atoms with E-state index >= 15 is 0 Å². The van der Waals surface area contributed by atoms with Crippen LogP contribution in [0.15, 0.2) is 29.2 Å². The summed E-state index contributed by atoms with van der Waals surface area (Å²) in [6, 6.07) is 3.79. The highest BCUT2D eigenvalue weighted by molar-refractivity contribution is 7.89. The smallest absolute Gasteiger partial charge is 0.406 e. The minimum atomic E-state index is -4.83. The van der Waals surface area contributed by atoms with Crippen molar-refractivity contribution in [1.82, 2.24) is 4.72 Å². The maximum absolute atomic E-state index is 12.0. The van der Waals surface area contributed by atoms with Gasteiger partial charge in [0, 0.05) is 6.54 Å². The molecule has 1 unspecified atom stereocenters. The average Bonchev–Trinajstić information content (AvgIpc) is 2.34. The minimum Gasteiger partial charge on any atom is -0.406 e. The number of hydrogen-bond donors (Lipinski definition) is 2. The van der Waals surface area contributed by atoms with Crippen LogP contribution in [0, 0.1) is 5.92 Å². The number of nitrogens with one attached hydrogen (secondary N) is 1. The Labute approximate surface area is 120 Å². The Balaban J connectivity index is 2.76. The van der Waals surface area contributed by atoms with Crippen molar-refractivity contribution in [2.75, 3.05) is 6.54 Å². The molecule has 2 N–H and O–H groups in total. The molecule has 0 spiro atoms. The molecule has 0 fully saturated rings. The highest BCUT2D eigenvalue weighted by Gasteiger charge is 2.31. The van der Waals surface area contributed by atoms with Gasteiger partial charge in [0.2, 0.25) is 10.0 Å². The molecule has 0 radical (unpaired) electrons. The number of halogens is 3. The molecule has 1 atom stereocenters. The first-order valence-corrected chi connectivity index (χ1v) is 7.53. The molecule has 1 aromatic rings. The SMILES string of the molecule is CC(C)C(O)CNS(=O)(=O)c1ccc(OC(F)(F)F)cc1. The van der Waals surface area contributed by atoms with Crippen molar-refractivity contribution in [3.05, 3.63) is 24.3 Å². The zero-order valence-electron chi connectivity index (χ0n) is 11.4. The quantitative estimate of drug-likeness (QED) is 0.836. The average molecular weight is 327 g/mol. The van der Waals surface area contributed by atoms with Gasteiger partial charge < -0.3 is 9.84 Å². The second-order valence-electron chi connectivity index (χ2n) is 4.68. The van der Waals surface area contributed by atoms with Gasteiger partial charge >= 0.3 is 6.36 Å². The maximum atomic E-state index is 12.0. The highest BCUT2D eigenvalue weighted by Crippen LogP contribution is 2.23. The fourth-order valence-electron chi connectivity index (χ4n) is 1.33. The Morgan fingerprint density at radius 2 is 1.76 bits per heavy atom. The summed E-state index contributed by atoms with van der Waals surface area (Å²) in [4.78, 5) is -0.215. The van der Waals surface area contributed by atoms with Crippen molar-refractivity contribution < 1.29 is 31.4 Å². The Kier molecular flexibility index (Phi) is 5.60. The Morgan fingerprint density at radius 1 is 1.24 bits per heavy atom. The lowest BCUT2D eigenvalue weighted by Crippen LogP contribution is -2.34. The van der Waals surface area contributed by atoms with Gasteiger partial charge in [-0.1, -0.05) is 13.8 Å². The molecule has 0 aromatic heterocycles. The van der Waals surface area contributed by atoms with Crippen molar-refractivity contribution in [3.8, 4) is 5.75 Å². The number of ether oxygens (including phenoxy) is 1. The number of rotatable bonds is 6. The molecule has 0 aliphatic carbocycles. The van der Waals surface area contributed by atoms with E-state index in [0.717, 1.165) is 24.3 Å². The number of hydrogen-bond acceptors (Lipinski definition) is 4. The van der Waals surface area contributed by atoms with Crippen LogP contribution >= 0.6 is 0 Å². The van der Waals surface area contributed by atoms with E-state index in [2.05, 4.69) is 9.46 Å². The van der Waals surface area contributed by atoms with E-state index in [1.165, 1.54) is 0 Å². The molecule has 9 heteroatoms. The molecule has 21 heavy (non-hydrogen) atoms. The van der Waals surface area contributed by atoms with Crippen molar-refractivity contribution in [1.29, 1.82) is 0 Å². The summed E-state index contributed by atoms with van der Waals surface area (Å²) < 4.78 is 65.5. The Hall–Kier alpha value is -1.32. The fourth-order valence-corrected chi connectivity index (χ4v) is 2.39. The summed E-state index contributed by atoms with van der Waals surface area (Å²) in [6.45, 7) is 3.27. The lowest BCUT2D eigenvalue weighted by molar-refractivity contribution is -0.274. The van der Waals surface area contributed by atoms with E-state index in [1.54, 1.807) is 13.8 Å². The third-order valence-corrected chi connectivity index (χ3v) is 4.06. The molecule has 1 aromatic carbocycles. The van der Waals surface area contributed by atoms with E-state index in [0.29, 0.717) is 0 Å². The molecule has 0 amide bonds. The van der Waals surface area contributed by atoms with Gasteiger partial charge in [-0.3, -0.25) is 0 Å². The predicted molar refractivity (Wildman–Crippen MR) is 69.2 cm³/mol. The predicted octanol–water partition coefficient (Wildman–Crippen LogP) is 1.88. The third-order valence-electron chi connectivity index (χ3n) is 2.62. The summed E-state index contributed by atoms with van der Waals surface area (Å²) >= 11 is 0. The number of aliphatic hydroxyl groups excluding tert-OH is 1. The number of alkyl halides is 3. The van der Waals surface area contributed by atoms with E-state index in [-0.39, 0.29) is 17.4 Å². The normalized spacial score (nSPS) is 14.2. The van der Waals surface area contributed by atoms with Crippen molar-refractivity contribution in [2.45, 2.75) is 31.2 Å². The van der Waals surface area contributed by atoms with Crippen LogP contribution < -0.4 is 9.46 Å². The first-order valence-electron chi connectivity index (χ1n) is 6.05. The number of benzene rings is 1. The van der Waals surface area contributed by atoms with Gasteiger partial charge in [0.1, 0.15) is 5.75 Å². The van der Waals surface area contributed by atoms with Crippen LogP contribution in [-0.2, 0) is 10.0 Å². The van der Waals surface area contributed by atoms with Crippen molar-refractivity contribution >= 4 is 10.0 Å². The summed E-state index contributed by atoms with van der Waals surface area (Å²) in [6.07, 6.45) is -5.69. The molecule has 0 heterocycles. The largest absolute Gasteiger partial charge is 0.573 e. The lowest BCUT2D eigenvalue weighted by atomic mass is 10.1. The van der Waals surface area contributed by atoms with Crippen LogP contribution in [0.25, 0.3) is 0 Å². The fraction of sp³-hybridized carbons (Fsp3) is 0.500. The van der Waals surface area contributed by atoms with Gasteiger partial charge in [0.15, 0.2) is 0 Å². The van der Waals surface area contributed by atoms with Gasteiger partial charge in [-0.2, -0.15) is 0 Å². The van der Waals surface area contributed by atoms with Gasteiger partial charge in [-0.05, 0) is 30.2 Å². The van der Waals surface area contributed by atoms with Gasteiger partial charge in [0.05, 0.1) is 11.0 Å². The van der Waals surface area contributed by atoms with Gasteiger partial charge in [-0.15, -0.1) is 13.2 Å². The van der Waals surface area contributed by atoms with E-state index < -0.39 is 28.2 Å². The number of sulfonamides is 1. The van der Waals surface area contributed by atoms with Crippen LogP contribution in [0.4, 0.5) is 13.2 Å². The molecular formula is C12H16F3NO4S. The van der Waals surface area contributed by atoms with Gasteiger partial charge in [0.25, 0.3) is 0 Å². The topological polar surface area (TPSA) is 75.6 Å². The first-order chi connectivity index (χ1) is 9.51. The second-order valence-corrected chi connectivity index (χ2v) is 6.45. The van der Waals surface area contributed by atoms with Crippen LogP contribution in [-0.4, -0.2) is 32.5 Å². The lowest BCUT2D eigenvalue weighted by Gasteiger charge is -2.15. The monoisotopic (exact) mass is 327 g/mol. The van der Waals surface area contributed by atoms with Gasteiger partial charge in [-0.25, -0.2) is 13.1 Å². The van der Waals surface area contributed by atoms with Crippen LogP contribution in [0.3, 0.4) is 0 Å². The highest BCUT2D eigenvalue weighted by atomic mass is 32.2. The Bertz CT molecular complexity index is 555.